The minimum Gasteiger partial charge on any atom is -0.497 e. The van der Waals surface area contributed by atoms with Gasteiger partial charge >= 0.3 is 0 Å². The number of methoxy groups -OCH3 is 1. The van der Waals surface area contributed by atoms with E-state index in [9.17, 15) is 4.79 Å². The molecule has 1 amide bonds. The fraction of sp³-hybridized carbons (Fsp3) is 0.250. The zero-order valence-electron chi connectivity index (χ0n) is 17.2. The Labute approximate surface area is 172 Å². The molecular weight excluding hydrogens is 362 g/mol. The van der Waals surface area contributed by atoms with Crippen molar-refractivity contribution in [2.24, 2.45) is 0 Å². The molecule has 0 spiro atoms. The third-order valence-corrected chi connectivity index (χ3v) is 4.75. The van der Waals surface area contributed by atoms with E-state index in [2.05, 4.69) is 47.2 Å². The van der Waals surface area contributed by atoms with Gasteiger partial charge in [0.25, 0.3) is 5.91 Å². The average molecular weight is 389 g/mol. The summed E-state index contributed by atoms with van der Waals surface area (Å²) in [6, 6.07) is 19.9. The van der Waals surface area contributed by atoms with Crippen LogP contribution in [0.15, 0.2) is 66.9 Å². The molecule has 0 aliphatic rings. The van der Waals surface area contributed by atoms with Crippen molar-refractivity contribution in [1.82, 2.24) is 10.3 Å². The molecule has 0 saturated carbocycles. The van der Waals surface area contributed by atoms with Crippen molar-refractivity contribution in [3.05, 3.63) is 83.6 Å². The summed E-state index contributed by atoms with van der Waals surface area (Å²) in [5.74, 6) is 1.53. The van der Waals surface area contributed by atoms with Crippen molar-refractivity contribution >= 4 is 17.4 Å². The number of nitrogens with one attached hydrogen (secondary N) is 1. The van der Waals surface area contributed by atoms with Crippen LogP contribution in [-0.2, 0) is 6.42 Å². The first kappa shape index (κ1) is 20.4. The number of anilines is 2. The molecule has 0 unspecified atom stereocenters. The van der Waals surface area contributed by atoms with E-state index in [4.69, 9.17) is 4.74 Å². The van der Waals surface area contributed by atoms with Crippen LogP contribution >= 0.6 is 0 Å². The molecule has 0 fully saturated rings. The van der Waals surface area contributed by atoms with Crippen LogP contribution in [0.25, 0.3) is 0 Å². The molecule has 29 heavy (non-hydrogen) atoms. The molecule has 1 heterocycles. The van der Waals surface area contributed by atoms with Gasteiger partial charge in [0.2, 0.25) is 0 Å². The highest BCUT2D eigenvalue weighted by atomic mass is 16.5. The van der Waals surface area contributed by atoms with Gasteiger partial charge in [0.15, 0.2) is 0 Å². The average Bonchev–Trinajstić information content (AvgIpc) is 2.75. The monoisotopic (exact) mass is 389 g/mol. The molecule has 5 nitrogen and oxygen atoms in total. The molecular formula is C24H27N3O2. The molecule has 2 aromatic carbocycles. The standard InChI is InChI=1S/C24H27N3O2/c1-4-27(21-9-5-7-18(2)15-21)23-12-11-20(17-26-23)24(28)25-14-13-19-8-6-10-22(16-19)29-3/h5-12,15-17H,4,13-14H2,1-3H3,(H,25,28). The predicted octanol–water partition coefficient (Wildman–Crippen LogP) is 4.53. The Balaban J connectivity index is 1.60. The quantitative estimate of drug-likeness (QED) is 0.615. The number of ether oxygens (including phenoxy) is 1. The number of carbonyl (C=O) groups excluding carboxylic acids is 1. The molecule has 0 bridgehead atoms. The highest BCUT2D eigenvalue weighted by molar-refractivity contribution is 5.94. The second-order valence-corrected chi connectivity index (χ2v) is 6.85. The van der Waals surface area contributed by atoms with Gasteiger partial charge in [-0.2, -0.15) is 0 Å². The number of benzene rings is 2. The first-order valence-corrected chi connectivity index (χ1v) is 9.82. The number of rotatable bonds is 8. The molecule has 0 radical (unpaired) electrons. The van der Waals surface area contributed by atoms with E-state index in [0.29, 0.717) is 12.1 Å². The molecule has 0 saturated heterocycles. The van der Waals surface area contributed by atoms with E-state index < -0.39 is 0 Å². The lowest BCUT2D eigenvalue weighted by Crippen LogP contribution is -2.26. The van der Waals surface area contributed by atoms with Crippen LogP contribution in [0.3, 0.4) is 0 Å². The Morgan fingerprint density at radius 3 is 2.62 bits per heavy atom. The number of pyridine rings is 1. The minimum absolute atomic E-state index is 0.120. The van der Waals surface area contributed by atoms with Crippen molar-refractivity contribution in [3.63, 3.8) is 0 Å². The number of hydrogen-bond donors (Lipinski definition) is 1. The third-order valence-electron chi connectivity index (χ3n) is 4.75. The maximum absolute atomic E-state index is 12.4. The topological polar surface area (TPSA) is 54.5 Å². The molecule has 1 N–H and O–H groups in total. The van der Waals surface area contributed by atoms with E-state index in [1.807, 2.05) is 42.5 Å². The first-order valence-electron chi connectivity index (χ1n) is 9.82. The van der Waals surface area contributed by atoms with E-state index in [-0.39, 0.29) is 5.91 Å². The summed E-state index contributed by atoms with van der Waals surface area (Å²) < 4.78 is 5.23. The van der Waals surface area contributed by atoms with Gasteiger partial charge in [0.1, 0.15) is 11.6 Å². The summed E-state index contributed by atoms with van der Waals surface area (Å²) in [6.07, 6.45) is 2.38. The number of carbonyl (C=O) groups is 1. The lowest BCUT2D eigenvalue weighted by atomic mass is 10.1. The van der Waals surface area contributed by atoms with E-state index in [1.54, 1.807) is 13.3 Å². The maximum Gasteiger partial charge on any atom is 0.252 e. The lowest BCUT2D eigenvalue weighted by molar-refractivity contribution is 0.0954. The Morgan fingerprint density at radius 2 is 1.93 bits per heavy atom. The van der Waals surface area contributed by atoms with Crippen LogP contribution in [-0.4, -0.2) is 31.1 Å². The van der Waals surface area contributed by atoms with Gasteiger partial charge in [-0.15, -0.1) is 0 Å². The zero-order chi connectivity index (χ0) is 20.6. The number of nitrogens with zero attached hydrogens (tertiary/aromatic N) is 2. The molecule has 0 aliphatic carbocycles. The van der Waals surface area contributed by atoms with Crippen molar-refractivity contribution < 1.29 is 9.53 Å². The van der Waals surface area contributed by atoms with Gasteiger partial charge in [0.05, 0.1) is 12.7 Å². The number of amides is 1. The lowest BCUT2D eigenvalue weighted by Gasteiger charge is -2.22. The van der Waals surface area contributed by atoms with Crippen LogP contribution in [0, 0.1) is 6.92 Å². The van der Waals surface area contributed by atoms with Crippen LogP contribution in [0.5, 0.6) is 5.75 Å². The number of aromatic nitrogens is 1. The molecule has 0 aliphatic heterocycles. The summed E-state index contributed by atoms with van der Waals surface area (Å²) in [5, 5.41) is 2.95. The van der Waals surface area contributed by atoms with Crippen LogP contribution in [0.1, 0.15) is 28.4 Å². The maximum atomic E-state index is 12.4. The smallest absolute Gasteiger partial charge is 0.252 e. The summed E-state index contributed by atoms with van der Waals surface area (Å²) in [4.78, 5) is 19.1. The highest BCUT2D eigenvalue weighted by Gasteiger charge is 2.11. The van der Waals surface area contributed by atoms with Gasteiger partial charge in [-0.05, 0) is 67.8 Å². The Bertz CT molecular complexity index is 954. The number of aryl methyl sites for hydroxylation is 1. The molecule has 150 valence electrons. The van der Waals surface area contributed by atoms with E-state index >= 15 is 0 Å². The summed E-state index contributed by atoms with van der Waals surface area (Å²) in [6.45, 7) is 5.51. The Hall–Kier alpha value is -3.34. The molecule has 5 heteroatoms. The predicted molar refractivity (Wildman–Crippen MR) is 117 cm³/mol. The van der Waals surface area contributed by atoms with E-state index in [0.717, 1.165) is 35.8 Å². The number of hydrogen-bond acceptors (Lipinski definition) is 4. The Morgan fingerprint density at radius 1 is 1.10 bits per heavy atom. The fourth-order valence-electron chi connectivity index (χ4n) is 3.20. The third kappa shape index (κ3) is 5.35. The second kappa shape index (κ2) is 9.73. The summed E-state index contributed by atoms with van der Waals surface area (Å²) in [7, 11) is 1.65. The normalized spacial score (nSPS) is 10.4. The van der Waals surface area contributed by atoms with Gasteiger partial charge < -0.3 is 15.0 Å². The Kier molecular flexibility index (Phi) is 6.85. The van der Waals surface area contributed by atoms with Crippen molar-refractivity contribution in [1.29, 1.82) is 0 Å². The van der Waals surface area contributed by atoms with Gasteiger partial charge in [0, 0.05) is 25.0 Å². The van der Waals surface area contributed by atoms with Crippen molar-refractivity contribution in [2.45, 2.75) is 20.3 Å². The zero-order valence-corrected chi connectivity index (χ0v) is 17.2. The molecule has 1 aromatic heterocycles. The first-order chi connectivity index (χ1) is 14.1. The largest absolute Gasteiger partial charge is 0.497 e. The molecule has 0 atom stereocenters. The SMILES string of the molecule is CCN(c1cccc(C)c1)c1ccc(C(=O)NCCc2cccc(OC)c2)cn1. The van der Waals surface area contributed by atoms with Crippen molar-refractivity contribution in [2.75, 3.05) is 25.1 Å². The minimum atomic E-state index is -0.120. The van der Waals surface area contributed by atoms with Crippen LogP contribution in [0.2, 0.25) is 0 Å². The summed E-state index contributed by atoms with van der Waals surface area (Å²) in [5.41, 5.74) is 3.97. The second-order valence-electron chi connectivity index (χ2n) is 6.85. The van der Waals surface area contributed by atoms with Crippen LogP contribution < -0.4 is 15.0 Å². The van der Waals surface area contributed by atoms with E-state index in [1.165, 1.54) is 5.56 Å². The van der Waals surface area contributed by atoms with Gasteiger partial charge in [-0.25, -0.2) is 4.98 Å². The van der Waals surface area contributed by atoms with Crippen molar-refractivity contribution in [3.8, 4) is 5.75 Å². The fourth-order valence-corrected chi connectivity index (χ4v) is 3.20. The summed E-state index contributed by atoms with van der Waals surface area (Å²) >= 11 is 0. The molecule has 3 rings (SSSR count). The van der Waals surface area contributed by atoms with Gasteiger partial charge in [-0.1, -0.05) is 24.3 Å². The highest BCUT2D eigenvalue weighted by Crippen LogP contribution is 2.24. The molecule has 3 aromatic rings. The van der Waals surface area contributed by atoms with Crippen LogP contribution in [0.4, 0.5) is 11.5 Å². The van der Waals surface area contributed by atoms with Gasteiger partial charge in [-0.3, -0.25) is 4.79 Å².